The van der Waals surface area contributed by atoms with Crippen molar-refractivity contribution in [2.75, 3.05) is 0 Å². The maximum atomic E-state index is 10.6. The minimum Gasteiger partial charge on any atom is -0.346 e. The number of aromatic nitrogens is 1. The molecule has 2 aromatic rings. The van der Waals surface area contributed by atoms with Crippen molar-refractivity contribution in [3.8, 4) is 0 Å². The third-order valence-electron chi connectivity index (χ3n) is 1.82. The van der Waals surface area contributed by atoms with Gasteiger partial charge in [-0.25, -0.2) is 0 Å². The number of hydrogen-bond acceptors (Lipinski definition) is 1. The molecule has 60 valence electrons. The summed E-state index contributed by atoms with van der Waals surface area (Å²) in [6, 6.07) is 7.73. The van der Waals surface area contributed by atoms with Crippen molar-refractivity contribution in [1.82, 2.24) is 4.98 Å². The molecule has 0 saturated heterocycles. The summed E-state index contributed by atoms with van der Waals surface area (Å²) in [6.07, 6.45) is 0.826. The highest BCUT2D eigenvalue weighted by atomic mass is 79.9. The zero-order chi connectivity index (χ0) is 8.55. The maximum Gasteiger partial charge on any atom is 0.166 e. The van der Waals surface area contributed by atoms with E-state index in [9.17, 15) is 4.79 Å². The summed E-state index contributed by atoms with van der Waals surface area (Å²) in [7, 11) is 0. The topological polar surface area (TPSA) is 32.9 Å². The van der Waals surface area contributed by atoms with Crippen LogP contribution >= 0.6 is 15.9 Å². The Bertz CT molecular complexity index is 433. The standard InChI is InChI=1S/C9H6BrNO/c10-9-7-4-2-1-3-6(7)8(5-12)11-9/h1-5,11H. The summed E-state index contributed by atoms with van der Waals surface area (Å²) in [5.41, 5.74) is 0.623. The average Bonchev–Trinajstić information content (AvgIpc) is 2.44. The molecule has 0 amide bonds. The Morgan fingerprint density at radius 1 is 1.25 bits per heavy atom. The normalized spacial score (nSPS) is 10.4. The highest BCUT2D eigenvalue weighted by molar-refractivity contribution is 9.10. The van der Waals surface area contributed by atoms with Crippen LogP contribution in [0.5, 0.6) is 0 Å². The molecule has 0 fully saturated rings. The number of hydrogen-bond donors (Lipinski definition) is 1. The molecule has 0 unspecified atom stereocenters. The number of halogens is 1. The molecule has 0 bridgehead atoms. The number of rotatable bonds is 1. The van der Waals surface area contributed by atoms with Gasteiger partial charge in [0.1, 0.15) is 0 Å². The molecule has 0 aliphatic rings. The second-order valence-corrected chi connectivity index (χ2v) is 3.31. The third kappa shape index (κ3) is 0.975. The Kier molecular flexibility index (Phi) is 1.73. The van der Waals surface area contributed by atoms with E-state index in [2.05, 4.69) is 20.9 Å². The van der Waals surface area contributed by atoms with E-state index in [0.717, 1.165) is 21.7 Å². The molecule has 1 N–H and O–H groups in total. The van der Waals surface area contributed by atoms with E-state index in [4.69, 9.17) is 0 Å². The van der Waals surface area contributed by atoms with Gasteiger partial charge in [-0.15, -0.1) is 0 Å². The van der Waals surface area contributed by atoms with E-state index in [0.29, 0.717) is 5.69 Å². The van der Waals surface area contributed by atoms with Gasteiger partial charge in [-0.2, -0.15) is 0 Å². The van der Waals surface area contributed by atoms with Crippen molar-refractivity contribution in [1.29, 1.82) is 0 Å². The largest absolute Gasteiger partial charge is 0.346 e. The third-order valence-corrected chi connectivity index (χ3v) is 2.44. The minimum atomic E-state index is 0.623. The predicted molar refractivity (Wildman–Crippen MR) is 51.4 cm³/mol. The van der Waals surface area contributed by atoms with Gasteiger partial charge in [0, 0.05) is 10.8 Å². The molecule has 0 spiro atoms. The number of fused-ring (bicyclic) bond motifs is 1. The van der Waals surface area contributed by atoms with Crippen LogP contribution < -0.4 is 0 Å². The number of aldehydes is 1. The van der Waals surface area contributed by atoms with Gasteiger partial charge in [0.25, 0.3) is 0 Å². The van der Waals surface area contributed by atoms with Crippen molar-refractivity contribution in [2.24, 2.45) is 0 Å². The van der Waals surface area contributed by atoms with Crippen LogP contribution in [-0.4, -0.2) is 11.3 Å². The quantitative estimate of drug-likeness (QED) is 0.742. The molecule has 3 heteroatoms. The lowest BCUT2D eigenvalue weighted by atomic mass is 10.2. The van der Waals surface area contributed by atoms with E-state index in [1.165, 1.54) is 0 Å². The molecule has 12 heavy (non-hydrogen) atoms. The first-order valence-corrected chi connectivity index (χ1v) is 4.33. The highest BCUT2D eigenvalue weighted by Crippen LogP contribution is 2.25. The van der Waals surface area contributed by atoms with Gasteiger partial charge >= 0.3 is 0 Å². The fraction of sp³-hybridized carbons (Fsp3) is 0. The van der Waals surface area contributed by atoms with Gasteiger partial charge in [-0.05, 0) is 15.9 Å². The first kappa shape index (κ1) is 7.55. The Morgan fingerprint density at radius 3 is 2.58 bits per heavy atom. The van der Waals surface area contributed by atoms with Gasteiger partial charge < -0.3 is 4.98 Å². The Morgan fingerprint density at radius 2 is 1.92 bits per heavy atom. The van der Waals surface area contributed by atoms with E-state index in [-0.39, 0.29) is 0 Å². The van der Waals surface area contributed by atoms with Crippen LogP contribution in [0.2, 0.25) is 0 Å². The van der Waals surface area contributed by atoms with Crippen LogP contribution in [0, 0.1) is 0 Å². The number of H-pyrrole nitrogens is 1. The van der Waals surface area contributed by atoms with Crippen LogP contribution in [0.3, 0.4) is 0 Å². The predicted octanol–water partition coefficient (Wildman–Crippen LogP) is 2.74. The van der Waals surface area contributed by atoms with Gasteiger partial charge in [0.05, 0.1) is 10.3 Å². The SMILES string of the molecule is O=Cc1[nH]c(Br)c2ccccc12. The van der Waals surface area contributed by atoms with Crippen molar-refractivity contribution < 1.29 is 4.79 Å². The maximum absolute atomic E-state index is 10.6. The molecule has 0 radical (unpaired) electrons. The van der Waals surface area contributed by atoms with Crippen LogP contribution in [0.4, 0.5) is 0 Å². The molecule has 0 aliphatic carbocycles. The van der Waals surface area contributed by atoms with Crippen molar-refractivity contribution in [3.05, 3.63) is 34.6 Å². The zero-order valence-corrected chi connectivity index (χ0v) is 7.76. The molecule has 0 atom stereocenters. The number of carbonyl (C=O) groups excluding carboxylic acids is 1. The first-order valence-electron chi connectivity index (χ1n) is 3.54. The molecular formula is C9H6BrNO. The smallest absolute Gasteiger partial charge is 0.166 e. The Hall–Kier alpha value is -1.09. The van der Waals surface area contributed by atoms with Crippen LogP contribution in [0.1, 0.15) is 10.5 Å². The number of carbonyl (C=O) groups is 1. The summed E-state index contributed by atoms with van der Waals surface area (Å²) in [4.78, 5) is 13.5. The molecule has 0 aliphatic heterocycles. The van der Waals surface area contributed by atoms with Crippen molar-refractivity contribution >= 4 is 33.0 Å². The Labute approximate surface area is 77.7 Å². The number of nitrogens with one attached hydrogen (secondary N) is 1. The molecule has 1 aromatic heterocycles. The molecule has 2 rings (SSSR count). The van der Waals surface area contributed by atoms with Gasteiger partial charge in [-0.1, -0.05) is 24.3 Å². The second-order valence-electron chi connectivity index (χ2n) is 2.52. The lowest BCUT2D eigenvalue weighted by molar-refractivity contribution is 0.112. The van der Waals surface area contributed by atoms with Crippen LogP contribution in [0.25, 0.3) is 10.8 Å². The van der Waals surface area contributed by atoms with Crippen LogP contribution in [-0.2, 0) is 0 Å². The van der Waals surface area contributed by atoms with Gasteiger partial charge in [0.2, 0.25) is 0 Å². The molecule has 2 nitrogen and oxygen atoms in total. The summed E-state index contributed by atoms with van der Waals surface area (Å²) >= 11 is 3.34. The Balaban J connectivity index is 2.91. The summed E-state index contributed by atoms with van der Waals surface area (Å²) in [5, 5.41) is 2.00. The monoisotopic (exact) mass is 223 g/mol. The van der Waals surface area contributed by atoms with E-state index in [1.54, 1.807) is 0 Å². The molecule has 1 heterocycles. The molecular weight excluding hydrogens is 218 g/mol. The van der Waals surface area contributed by atoms with E-state index >= 15 is 0 Å². The van der Waals surface area contributed by atoms with Crippen LogP contribution in [0.15, 0.2) is 28.9 Å². The fourth-order valence-electron chi connectivity index (χ4n) is 1.26. The van der Waals surface area contributed by atoms with Crippen molar-refractivity contribution in [2.45, 2.75) is 0 Å². The lowest BCUT2D eigenvalue weighted by Crippen LogP contribution is -1.77. The molecule has 0 saturated carbocycles. The minimum absolute atomic E-state index is 0.623. The van der Waals surface area contributed by atoms with Crippen molar-refractivity contribution in [3.63, 3.8) is 0 Å². The summed E-state index contributed by atoms with van der Waals surface area (Å²) < 4.78 is 0.861. The number of aromatic amines is 1. The number of benzene rings is 1. The first-order chi connectivity index (χ1) is 5.83. The van der Waals surface area contributed by atoms with Gasteiger partial charge in [-0.3, -0.25) is 4.79 Å². The van der Waals surface area contributed by atoms with E-state index < -0.39 is 0 Å². The molecule has 1 aromatic carbocycles. The van der Waals surface area contributed by atoms with Gasteiger partial charge in [0.15, 0.2) is 6.29 Å². The zero-order valence-electron chi connectivity index (χ0n) is 6.17. The highest BCUT2D eigenvalue weighted by Gasteiger charge is 2.05. The second kappa shape index (κ2) is 2.75. The summed E-state index contributed by atoms with van der Waals surface area (Å²) in [6.45, 7) is 0. The van der Waals surface area contributed by atoms with E-state index in [1.807, 2.05) is 24.3 Å². The summed E-state index contributed by atoms with van der Waals surface area (Å²) in [5.74, 6) is 0. The fourth-order valence-corrected chi connectivity index (χ4v) is 1.81. The average molecular weight is 224 g/mol. The lowest BCUT2D eigenvalue weighted by Gasteiger charge is -1.87.